The summed E-state index contributed by atoms with van der Waals surface area (Å²) >= 11 is 5.82. The molecule has 0 spiro atoms. The summed E-state index contributed by atoms with van der Waals surface area (Å²) < 4.78 is 1.84. The Labute approximate surface area is 86.3 Å². The van der Waals surface area contributed by atoms with Gasteiger partial charge in [0.2, 0.25) is 0 Å². The fourth-order valence-corrected chi connectivity index (χ4v) is 1.71. The van der Waals surface area contributed by atoms with Crippen molar-refractivity contribution in [2.45, 2.75) is 19.9 Å². The molecule has 1 aromatic carbocycles. The Morgan fingerprint density at radius 1 is 1.43 bits per heavy atom. The number of rotatable bonds is 1. The summed E-state index contributed by atoms with van der Waals surface area (Å²) in [6.45, 7) is 4.04. The number of H-pyrrole nitrogens is 1. The molecule has 0 fully saturated rings. The quantitative estimate of drug-likeness (QED) is 0.772. The smallest absolute Gasteiger partial charge is 0.272 e. The minimum Gasteiger partial charge on any atom is -0.282 e. The van der Waals surface area contributed by atoms with Crippen molar-refractivity contribution in [2.75, 3.05) is 0 Å². The molecule has 1 N–H and O–H groups in total. The summed E-state index contributed by atoms with van der Waals surface area (Å²) in [6.07, 6.45) is 0. The third kappa shape index (κ3) is 1.34. The van der Waals surface area contributed by atoms with Crippen LogP contribution < -0.4 is 5.56 Å². The van der Waals surface area contributed by atoms with E-state index >= 15 is 0 Å². The van der Waals surface area contributed by atoms with E-state index in [2.05, 4.69) is 5.10 Å². The molecular formula is C10H11ClN2O. The lowest BCUT2D eigenvalue weighted by Gasteiger charge is -2.07. The van der Waals surface area contributed by atoms with Crippen LogP contribution in [0.15, 0.2) is 23.0 Å². The highest BCUT2D eigenvalue weighted by atomic mass is 35.5. The van der Waals surface area contributed by atoms with Crippen molar-refractivity contribution in [3.05, 3.63) is 33.6 Å². The average molecular weight is 211 g/mol. The minimum atomic E-state index is -0.0869. The van der Waals surface area contributed by atoms with E-state index in [1.165, 1.54) is 0 Å². The van der Waals surface area contributed by atoms with Crippen LogP contribution in [0, 0.1) is 0 Å². The van der Waals surface area contributed by atoms with E-state index < -0.39 is 0 Å². The average Bonchev–Trinajstić information content (AvgIpc) is 2.44. The van der Waals surface area contributed by atoms with Gasteiger partial charge in [-0.3, -0.25) is 14.6 Å². The normalized spacial score (nSPS) is 11.4. The van der Waals surface area contributed by atoms with Gasteiger partial charge in [-0.25, -0.2) is 0 Å². The van der Waals surface area contributed by atoms with Crippen molar-refractivity contribution in [2.24, 2.45) is 0 Å². The van der Waals surface area contributed by atoms with Gasteiger partial charge < -0.3 is 0 Å². The van der Waals surface area contributed by atoms with Gasteiger partial charge in [-0.1, -0.05) is 11.6 Å². The van der Waals surface area contributed by atoms with Crippen LogP contribution >= 0.6 is 11.6 Å². The van der Waals surface area contributed by atoms with E-state index in [1.807, 2.05) is 24.6 Å². The molecular weight excluding hydrogens is 200 g/mol. The highest BCUT2D eigenvalue weighted by molar-refractivity contribution is 6.31. The van der Waals surface area contributed by atoms with Crippen molar-refractivity contribution >= 4 is 22.5 Å². The topological polar surface area (TPSA) is 37.8 Å². The standard InChI is InChI=1S/C10H11ClN2O/c1-6(2)13-9-4-3-7(11)5-8(9)10(14)12-13/h3-6H,1-2H3,(H,12,14). The van der Waals surface area contributed by atoms with Gasteiger partial charge in [0.05, 0.1) is 10.9 Å². The number of aromatic amines is 1. The second kappa shape index (κ2) is 3.17. The zero-order valence-corrected chi connectivity index (χ0v) is 8.80. The Morgan fingerprint density at radius 2 is 2.14 bits per heavy atom. The van der Waals surface area contributed by atoms with Gasteiger partial charge in [-0.2, -0.15) is 0 Å². The first kappa shape index (κ1) is 9.34. The molecule has 1 heterocycles. The van der Waals surface area contributed by atoms with E-state index in [4.69, 9.17) is 11.6 Å². The van der Waals surface area contributed by atoms with Gasteiger partial charge in [0.15, 0.2) is 0 Å². The number of aromatic nitrogens is 2. The van der Waals surface area contributed by atoms with E-state index in [1.54, 1.807) is 12.1 Å². The maximum Gasteiger partial charge on any atom is 0.272 e. The summed E-state index contributed by atoms with van der Waals surface area (Å²) in [7, 11) is 0. The fourth-order valence-electron chi connectivity index (χ4n) is 1.54. The predicted octanol–water partition coefficient (Wildman–Crippen LogP) is 2.56. The van der Waals surface area contributed by atoms with Gasteiger partial charge in [0, 0.05) is 11.1 Å². The summed E-state index contributed by atoms with van der Waals surface area (Å²) in [5, 5.41) is 4.01. The van der Waals surface area contributed by atoms with Crippen molar-refractivity contribution in [3.8, 4) is 0 Å². The molecule has 0 aliphatic carbocycles. The maximum absolute atomic E-state index is 11.5. The van der Waals surface area contributed by atoms with Crippen LogP contribution in [-0.2, 0) is 0 Å². The first-order chi connectivity index (χ1) is 6.59. The molecule has 0 saturated heterocycles. The molecule has 0 aliphatic heterocycles. The summed E-state index contributed by atoms with van der Waals surface area (Å²) in [6, 6.07) is 5.57. The summed E-state index contributed by atoms with van der Waals surface area (Å²) in [5.74, 6) is 0. The Bertz CT molecular complexity index is 524. The molecule has 0 atom stereocenters. The lowest BCUT2D eigenvalue weighted by atomic mass is 10.2. The van der Waals surface area contributed by atoms with Crippen molar-refractivity contribution in [3.63, 3.8) is 0 Å². The van der Waals surface area contributed by atoms with Crippen LogP contribution in [0.4, 0.5) is 0 Å². The van der Waals surface area contributed by atoms with Crippen LogP contribution in [0.1, 0.15) is 19.9 Å². The van der Waals surface area contributed by atoms with Crippen LogP contribution in [0.3, 0.4) is 0 Å². The third-order valence-electron chi connectivity index (χ3n) is 2.20. The molecule has 0 radical (unpaired) electrons. The predicted molar refractivity (Wildman–Crippen MR) is 58.0 cm³/mol. The number of hydrogen-bond acceptors (Lipinski definition) is 1. The zero-order chi connectivity index (χ0) is 10.3. The van der Waals surface area contributed by atoms with E-state index in [-0.39, 0.29) is 11.6 Å². The molecule has 2 aromatic rings. The molecule has 0 aliphatic rings. The van der Waals surface area contributed by atoms with Crippen LogP contribution in [0.5, 0.6) is 0 Å². The highest BCUT2D eigenvalue weighted by Crippen LogP contribution is 2.18. The van der Waals surface area contributed by atoms with Gasteiger partial charge in [-0.05, 0) is 32.0 Å². The maximum atomic E-state index is 11.5. The Morgan fingerprint density at radius 3 is 2.79 bits per heavy atom. The largest absolute Gasteiger partial charge is 0.282 e. The third-order valence-corrected chi connectivity index (χ3v) is 2.44. The lowest BCUT2D eigenvalue weighted by molar-refractivity contribution is 0.546. The second-order valence-electron chi connectivity index (χ2n) is 3.57. The van der Waals surface area contributed by atoms with Crippen LogP contribution in [0.25, 0.3) is 10.9 Å². The molecule has 74 valence electrons. The molecule has 3 nitrogen and oxygen atoms in total. The monoisotopic (exact) mass is 210 g/mol. The highest BCUT2D eigenvalue weighted by Gasteiger charge is 2.08. The van der Waals surface area contributed by atoms with Gasteiger partial charge in [0.1, 0.15) is 0 Å². The van der Waals surface area contributed by atoms with Gasteiger partial charge in [-0.15, -0.1) is 0 Å². The molecule has 0 unspecified atom stereocenters. The minimum absolute atomic E-state index is 0.0869. The van der Waals surface area contributed by atoms with Crippen molar-refractivity contribution in [1.82, 2.24) is 9.78 Å². The van der Waals surface area contributed by atoms with Crippen LogP contribution in [-0.4, -0.2) is 9.78 Å². The molecule has 0 saturated carbocycles. The first-order valence-corrected chi connectivity index (χ1v) is 4.87. The van der Waals surface area contributed by atoms with Crippen molar-refractivity contribution in [1.29, 1.82) is 0 Å². The molecule has 0 bridgehead atoms. The summed E-state index contributed by atoms with van der Waals surface area (Å²) in [5.41, 5.74) is 0.811. The van der Waals surface area contributed by atoms with E-state index in [9.17, 15) is 4.79 Å². The molecule has 14 heavy (non-hydrogen) atoms. The lowest BCUT2D eigenvalue weighted by Crippen LogP contribution is -2.07. The fraction of sp³-hybridized carbons (Fsp3) is 0.300. The van der Waals surface area contributed by atoms with Crippen molar-refractivity contribution < 1.29 is 0 Å². The molecule has 2 rings (SSSR count). The number of benzene rings is 1. The molecule has 4 heteroatoms. The number of fused-ring (bicyclic) bond motifs is 1. The Balaban J connectivity index is 2.84. The Hall–Kier alpha value is -1.22. The number of halogens is 1. The van der Waals surface area contributed by atoms with E-state index in [0.29, 0.717) is 10.4 Å². The number of nitrogens with one attached hydrogen (secondary N) is 1. The zero-order valence-electron chi connectivity index (χ0n) is 8.04. The SMILES string of the molecule is CC(C)n1[nH]c(=O)c2cc(Cl)ccc21. The molecule has 0 amide bonds. The van der Waals surface area contributed by atoms with Crippen LogP contribution in [0.2, 0.25) is 5.02 Å². The number of nitrogens with zero attached hydrogens (tertiary/aromatic N) is 1. The van der Waals surface area contributed by atoms with E-state index in [0.717, 1.165) is 5.52 Å². The van der Waals surface area contributed by atoms with Gasteiger partial charge in [0.25, 0.3) is 5.56 Å². The number of hydrogen-bond donors (Lipinski definition) is 1. The second-order valence-corrected chi connectivity index (χ2v) is 4.00. The summed E-state index contributed by atoms with van der Waals surface area (Å²) in [4.78, 5) is 11.5. The Kier molecular flexibility index (Phi) is 2.11. The van der Waals surface area contributed by atoms with Gasteiger partial charge >= 0.3 is 0 Å². The molecule has 1 aromatic heterocycles. The first-order valence-electron chi connectivity index (χ1n) is 4.49.